The quantitative estimate of drug-likeness (QED) is 0.882. The second-order valence-electron chi connectivity index (χ2n) is 6.38. The fourth-order valence-corrected chi connectivity index (χ4v) is 3.74. The molecule has 1 atom stereocenters. The maximum Gasteiger partial charge on any atom is 0.255 e. The second-order valence-corrected chi connectivity index (χ2v) is 6.82. The van der Waals surface area contributed by atoms with E-state index in [2.05, 4.69) is 27.7 Å². The van der Waals surface area contributed by atoms with Gasteiger partial charge in [-0.05, 0) is 53.9 Å². The molecule has 0 aromatic heterocycles. The average Bonchev–Trinajstić information content (AvgIpc) is 2.62. The summed E-state index contributed by atoms with van der Waals surface area (Å²) in [6, 6.07) is 13.7. The van der Waals surface area contributed by atoms with Gasteiger partial charge >= 0.3 is 0 Å². The van der Waals surface area contributed by atoms with E-state index in [1.807, 2.05) is 6.07 Å². The van der Waals surface area contributed by atoms with Gasteiger partial charge in [0.15, 0.2) is 0 Å². The highest BCUT2D eigenvalue weighted by molar-refractivity contribution is 6.30. The van der Waals surface area contributed by atoms with Crippen LogP contribution < -0.4 is 10.6 Å². The summed E-state index contributed by atoms with van der Waals surface area (Å²) in [7, 11) is 0. The van der Waals surface area contributed by atoms with E-state index < -0.39 is 0 Å². The van der Waals surface area contributed by atoms with Gasteiger partial charge in [-0.2, -0.15) is 0 Å². The van der Waals surface area contributed by atoms with Crippen molar-refractivity contribution in [1.29, 1.82) is 0 Å². The van der Waals surface area contributed by atoms with E-state index in [0.29, 0.717) is 16.6 Å². The van der Waals surface area contributed by atoms with Gasteiger partial charge in [-0.15, -0.1) is 0 Å². The summed E-state index contributed by atoms with van der Waals surface area (Å²) in [6.07, 6.45) is 1.04. The zero-order valence-corrected chi connectivity index (χ0v) is 14.1. The molecule has 2 aromatic carbocycles. The molecule has 24 heavy (non-hydrogen) atoms. The molecule has 1 fully saturated rings. The van der Waals surface area contributed by atoms with Gasteiger partial charge in [0.05, 0.1) is 0 Å². The summed E-state index contributed by atoms with van der Waals surface area (Å²) in [5.74, 6) is -0.108. The summed E-state index contributed by atoms with van der Waals surface area (Å²) in [5.41, 5.74) is 4.19. The number of carbonyl (C=O) groups excluding carboxylic acids is 1. The van der Waals surface area contributed by atoms with Crippen molar-refractivity contribution in [1.82, 2.24) is 10.2 Å². The van der Waals surface area contributed by atoms with Crippen LogP contribution in [0.5, 0.6) is 0 Å². The molecule has 0 spiro atoms. The predicted molar refractivity (Wildman–Crippen MR) is 96.7 cm³/mol. The molecular weight excluding hydrogens is 322 g/mol. The first-order valence-corrected chi connectivity index (χ1v) is 8.73. The molecule has 0 saturated carbocycles. The Bertz CT molecular complexity index is 760. The topological polar surface area (TPSA) is 44.4 Å². The van der Waals surface area contributed by atoms with Gasteiger partial charge in [-0.1, -0.05) is 17.7 Å². The maximum atomic E-state index is 12.3. The number of anilines is 1. The van der Waals surface area contributed by atoms with E-state index in [1.54, 1.807) is 24.3 Å². The maximum absolute atomic E-state index is 12.3. The number of piperazine rings is 1. The second kappa shape index (κ2) is 6.55. The molecule has 4 rings (SSSR count). The van der Waals surface area contributed by atoms with Crippen molar-refractivity contribution in [3.05, 3.63) is 64.2 Å². The van der Waals surface area contributed by atoms with Crippen LogP contribution in [-0.4, -0.2) is 37.0 Å². The van der Waals surface area contributed by atoms with Gasteiger partial charge in [0.1, 0.15) is 0 Å². The van der Waals surface area contributed by atoms with E-state index in [4.69, 9.17) is 11.6 Å². The fraction of sp³-hybridized carbons (Fsp3) is 0.316. The Morgan fingerprint density at radius 2 is 2.00 bits per heavy atom. The monoisotopic (exact) mass is 341 g/mol. The number of rotatable bonds is 2. The van der Waals surface area contributed by atoms with Crippen LogP contribution in [0.15, 0.2) is 42.5 Å². The lowest BCUT2D eigenvalue weighted by Crippen LogP contribution is -2.48. The third-order valence-electron chi connectivity index (χ3n) is 4.89. The largest absolute Gasteiger partial charge is 0.322 e. The van der Waals surface area contributed by atoms with Crippen molar-refractivity contribution in [2.75, 3.05) is 31.5 Å². The van der Waals surface area contributed by atoms with E-state index in [-0.39, 0.29) is 5.91 Å². The number of fused-ring (bicyclic) bond motifs is 3. The first kappa shape index (κ1) is 15.6. The lowest BCUT2D eigenvalue weighted by molar-refractivity contribution is 0.102. The summed E-state index contributed by atoms with van der Waals surface area (Å²) in [6.45, 7) is 4.28. The van der Waals surface area contributed by atoms with Crippen LogP contribution in [0.25, 0.3) is 0 Å². The number of amides is 1. The highest BCUT2D eigenvalue weighted by atomic mass is 35.5. The number of carbonyl (C=O) groups is 1. The Labute approximate surface area is 146 Å². The Kier molecular flexibility index (Phi) is 4.27. The molecule has 2 heterocycles. The van der Waals surface area contributed by atoms with E-state index in [1.165, 1.54) is 11.1 Å². The minimum absolute atomic E-state index is 0.108. The lowest BCUT2D eigenvalue weighted by atomic mass is 9.91. The third-order valence-corrected chi connectivity index (χ3v) is 5.14. The van der Waals surface area contributed by atoms with Gasteiger partial charge in [0.2, 0.25) is 0 Å². The summed E-state index contributed by atoms with van der Waals surface area (Å²) in [5, 5.41) is 7.09. The summed E-state index contributed by atoms with van der Waals surface area (Å²) in [4.78, 5) is 14.9. The van der Waals surface area contributed by atoms with Crippen LogP contribution in [-0.2, 0) is 6.42 Å². The van der Waals surface area contributed by atoms with Crippen molar-refractivity contribution in [3.63, 3.8) is 0 Å². The zero-order chi connectivity index (χ0) is 16.5. The van der Waals surface area contributed by atoms with Gasteiger partial charge in [0.25, 0.3) is 5.91 Å². The number of hydrogen-bond donors (Lipinski definition) is 2. The van der Waals surface area contributed by atoms with Crippen molar-refractivity contribution in [2.24, 2.45) is 0 Å². The SMILES string of the molecule is O=C(Nc1ccc2c(c1)CCN1CCNC[C@@H]21)c1ccc(Cl)cc1. The molecule has 0 radical (unpaired) electrons. The zero-order valence-electron chi connectivity index (χ0n) is 13.4. The smallest absolute Gasteiger partial charge is 0.255 e. The Balaban J connectivity index is 1.53. The van der Waals surface area contributed by atoms with E-state index in [0.717, 1.165) is 38.3 Å². The number of nitrogens with zero attached hydrogens (tertiary/aromatic N) is 1. The molecule has 2 aromatic rings. The molecule has 0 bridgehead atoms. The molecule has 0 unspecified atom stereocenters. The Morgan fingerprint density at radius 3 is 2.83 bits per heavy atom. The van der Waals surface area contributed by atoms with E-state index >= 15 is 0 Å². The molecule has 0 aliphatic carbocycles. The first-order chi connectivity index (χ1) is 11.7. The average molecular weight is 342 g/mol. The third kappa shape index (κ3) is 3.05. The molecule has 5 heteroatoms. The van der Waals surface area contributed by atoms with Gasteiger partial charge in [0, 0.05) is 48.5 Å². The number of hydrogen-bond acceptors (Lipinski definition) is 3. The standard InChI is InChI=1S/C19H20ClN3O/c20-15-3-1-13(2-4-15)19(24)22-16-5-6-17-14(11-16)7-9-23-10-8-21-12-18(17)23/h1-6,11,18,21H,7-10,12H2,(H,22,24)/t18-/m0/s1. The van der Waals surface area contributed by atoms with Gasteiger partial charge < -0.3 is 10.6 Å². The fourth-order valence-electron chi connectivity index (χ4n) is 3.61. The number of nitrogens with one attached hydrogen (secondary N) is 2. The van der Waals surface area contributed by atoms with Crippen molar-refractivity contribution in [3.8, 4) is 0 Å². The van der Waals surface area contributed by atoms with Crippen LogP contribution in [0.4, 0.5) is 5.69 Å². The predicted octanol–water partition coefficient (Wildman–Crippen LogP) is 3.09. The molecule has 2 aliphatic rings. The lowest BCUT2D eigenvalue weighted by Gasteiger charge is -2.41. The first-order valence-electron chi connectivity index (χ1n) is 8.35. The van der Waals surface area contributed by atoms with Gasteiger partial charge in [-0.3, -0.25) is 9.69 Å². The summed E-state index contributed by atoms with van der Waals surface area (Å²) >= 11 is 5.87. The van der Waals surface area contributed by atoms with Crippen LogP contribution in [0.1, 0.15) is 27.5 Å². The summed E-state index contributed by atoms with van der Waals surface area (Å²) < 4.78 is 0. The molecule has 4 nitrogen and oxygen atoms in total. The normalized spacial score (nSPS) is 20.1. The highest BCUT2D eigenvalue weighted by Crippen LogP contribution is 2.32. The molecule has 2 aliphatic heterocycles. The van der Waals surface area contributed by atoms with Crippen LogP contribution >= 0.6 is 11.6 Å². The minimum Gasteiger partial charge on any atom is -0.322 e. The number of benzene rings is 2. The van der Waals surface area contributed by atoms with Crippen LogP contribution in [0.3, 0.4) is 0 Å². The van der Waals surface area contributed by atoms with Crippen molar-refractivity contribution < 1.29 is 4.79 Å². The molecular formula is C19H20ClN3O. The Morgan fingerprint density at radius 1 is 1.17 bits per heavy atom. The Hall–Kier alpha value is -1.88. The van der Waals surface area contributed by atoms with Crippen LogP contribution in [0, 0.1) is 0 Å². The number of halogens is 1. The molecule has 1 amide bonds. The highest BCUT2D eigenvalue weighted by Gasteiger charge is 2.29. The van der Waals surface area contributed by atoms with Crippen molar-refractivity contribution >= 4 is 23.2 Å². The molecule has 124 valence electrons. The van der Waals surface area contributed by atoms with Crippen molar-refractivity contribution in [2.45, 2.75) is 12.5 Å². The van der Waals surface area contributed by atoms with Gasteiger partial charge in [-0.25, -0.2) is 0 Å². The van der Waals surface area contributed by atoms with E-state index in [9.17, 15) is 4.79 Å². The molecule has 2 N–H and O–H groups in total. The molecule has 1 saturated heterocycles. The van der Waals surface area contributed by atoms with Crippen LogP contribution in [0.2, 0.25) is 5.02 Å². The minimum atomic E-state index is -0.108.